The van der Waals surface area contributed by atoms with Crippen molar-refractivity contribution in [1.82, 2.24) is 20.9 Å². The number of hydrogen-bond donors (Lipinski definition) is 4. The third kappa shape index (κ3) is 4.77. The Labute approximate surface area is 165 Å². The van der Waals surface area contributed by atoms with Crippen molar-refractivity contribution in [2.45, 2.75) is 24.8 Å². The summed E-state index contributed by atoms with van der Waals surface area (Å²) in [6.07, 6.45) is 0. The summed E-state index contributed by atoms with van der Waals surface area (Å²) in [4.78, 5) is 12.8. The summed E-state index contributed by atoms with van der Waals surface area (Å²) in [6, 6.07) is 15.0. The average molecular weight is 403 g/mol. The summed E-state index contributed by atoms with van der Waals surface area (Å²) in [6.45, 7) is 4.48. The van der Waals surface area contributed by atoms with E-state index in [1.165, 1.54) is 0 Å². The SMILES string of the molecule is Cc1ccc(C)c(S(=O)(=O)NCCNC(=O)C2CNNC2c2ccccc2)c1. The molecule has 2 atom stereocenters. The number of hydrazine groups is 1. The number of nitrogens with one attached hydrogen (secondary N) is 4. The van der Waals surface area contributed by atoms with Gasteiger partial charge >= 0.3 is 0 Å². The van der Waals surface area contributed by atoms with Crippen molar-refractivity contribution >= 4 is 15.9 Å². The zero-order valence-electron chi connectivity index (χ0n) is 16.0. The van der Waals surface area contributed by atoms with E-state index in [0.29, 0.717) is 12.1 Å². The van der Waals surface area contributed by atoms with Gasteiger partial charge in [0.25, 0.3) is 0 Å². The summed E-state index contributed by atoms with van der Waals surface area (Å²) in [7, 11) is -3.61. The molecule has 1 aliphatic heterocycles. The normalized spacial score (nSPS) is 19.5. The molecule has 1 fully saturated rings. The predicted molar refractivity (Wildman–Crippen MR) is 108 cm³/mol. The quantitative estimate of drug-likeness (QED) is 0.521. The second-order valence-electron chi connectivity index (χ2n) is 6.98. The van der Waals surface area contributed by atoms with E-state index in [0.717, 1.165) is 11.1 Å². The fourth-order valence-corrected chi connectivity index (χ4v) is 4.65. The molecule has 0 radical (unpaired) electrons. The van der Waals surface area contributed by atoms with Crippen LogP contribution in [0.2, 0.25) is 0 Å². The predicted octanol–water partition coefficient (Wildman–Crippen LogP) is 1.16. The first-order valence-electron chi connectivity index (χ1n) is 9.26. The van der Waals surface area contributed by atoms with Crippen LogP contribution in [-0.2, 0) is 14.8 Å². The van der Waals surface area contributed by atoms with Gasteiger partial charge in [-0.15, -0.1) is 0 Å². The molecule has 8 heteroatoms. The van der Waals surface area contributed by atoms with Gasteiger partial charge in [0.15, 0.2) is 0 Å². The third-order valence-corrected chi connectivity index (χ3v) is 6.43. The van der Waals surface area contributed by atoms with Gasteiger partial charge in [-0.05, 0) is 36.6 Å². The van der Waals surface area contributed by atoms with Crippen molar-refractivity contribution in [2.24, 2.45) is 5.92 Å². The van der Waals surface area contributed by atoms with Crippen molar-refractivity contribution in [1.29, 1.82) is 0 Å². The molecule has 150 valence electrons. The molecule has 0 bridgehead atoms. The fraction of sp³-hybridized carbons (Fsp3) is 0.350. The minimum atomic E-state index is -3.61. The Morgan fingerprint density at radius 1 is 1.11 bits per heavy atom. The van der Waals surface area contributed by atoms with Crippen LogP contribution in [-0.4, -0.2) is 34.0 Å². The molecule has 2 unspecified atom stereocenters. The smallest absolute Gasteiger partial charge is 0.240 e. The van der Waals surface area contributed by atoms with Crippen LogP contribution < -0.4 is 20.9 Å². The first-order chi connectivity index (χ1) is 13.4. The van der Waals surface area contributed by atoms with Gasteiger partial charge in [0, 0.05) is 19.6 Å². The molecule has 2 aromatic carbocycles. The molecule has 28 heavy (non-hydrogen) atoms. The van der Waals surface area contributed by atoms with Crippen molar-refractivity contribution < 1.29 is 13.2 Å². The van der Waals surface area contributed by atoms with Crippen LogP contribution in [0.15, 0.2) is 53.4 Å². The van der Waals surface area contributed by atoms with E-state index in [-0.39, 0.29) is 35.9 Å². The van der Waals surface area contributed by atoms with E-state index >= 15 is 0 Å². The van der Waals surface area contributed by atoms with Crippen LogP contribution in [0.3, 0.4) is 0 Å². The van der Waals surface area contributed by atoms with E-state index in [2.05, 4.69) is 20.9 Å². The first kappa shape index (κ1) is 20.5. The van der Waals surface area contributed by atoms with Gasteiger partial charge in [-0.2, -0.15) is 0 Å². The summed E-state index contributed by atoms with van der Waals surface area (Å²) >= 11 is 0. The first-order valence-corrected chi connectivity index (χ1v) is 10.7. The van der Waals surface area contributed by atoms with Crippen molar-refractivity contribution in [3.05, 3.63) is 65.2 Å². The number of aryl methyl sites for hydroxylation is 2. The highest BCUT2D eigenvalue weighted by molar-refractivity contribution is 7.89. The molecule has 4 N–H and O–H groups in total. The van der Waals surface area contributed by atoms with Gasteiger partial charge in [-0.25, -0.2) is 18.6 Å². The number of hydrogen-bond acceptors (Lipinski definition) is 5. The molecule has 1 saturated heterocycles. The number of benzene rings is 2. The standard InChI is InChI=1S/C20H26N4O3S/c1-14-8-9-15(2)18(12-14)28(26,27)23-11-10-21-20(25)17-13-22-24-19(17)16-6-4-3-5-7-16/h3-9,12,17,19,22-24H,10-11,13H2,1-2H3,(H,21,25). The monoisotopic (exact) mass is 402 g/mol. The number of sulfonamides is 1. The molecular formula is C20H26N4O3S. The maximum Gasteiger partial charge on any atom is 0.240 e. The van der Waals surface area contributed by atoms with Crippen LogP contribution in [0, 0.1) is 19.8 Å². The summed E-state index contributed by atoms with van der Waals surface area (Å²) in [5.41, 5.74) is 8.76. The van der Waals surface area contributed by atoms with Gasteiger partial charge in [0.2, 0.25) is 15.9 Å². The van der Waals surface area contributed by atoms with Crippen LogP contribution in [0.25, 0.3) is 0 Å². The molecule has 0 aliphatic carbocycles. The maximum atomic E-state index is 12.6. The molecule has 3 rings (SSSR count). The molecule has 1 amide bonds. The van der Waals surface area contributed by atoms with Crippen molar-refractivity contribution in [3.63, 3.8) is 0 Å². The van der Waals surface area contributed by atoms with E-state index in [9.17, 15) is 13.2 Å². The average Bonchev–Trinajstić information content (AvgIpc) is 3.17. The molecule has 2 aromatic rings. The Morgan fingerprint density at radius 3 is 2.61 bits per heavy atom. The van der Waals surface area contributed by atoms with Gasteiger partial charge in [-0.1, -0.05) is 42.5 Å². The summed E-state index contributed by atoms with van der Waals surface area (Å²) in [5, 5.41) is 2.83. The fourth-order valence-electron chi connectivity index (χ4n) is 3.29. The van der Waals surface area contributed by atoms with E-state index < -0.39 is 10.0 Å². The minimum Gasteiger partial charge on any atom is -0.354 e. The van der Waals surface area contributed by atoms with Gasteiger partial charge in [-0.3, -0.25) is 10.2 Å². The number of amides is 1. The Balaban J connectivity index is 1.53. The van der Waals surface area contributed by atoms with Crippen molar-refractivity contribution in [2.75, 3.05) is 19.6 Å². The maximum absolute atomic E-state index is 12.6. The van der Waals surface area contributed by atoms with Gasteiger partial charge in [0.1, 0.15) is 0 Å². The Hall–Kier alpha value is -2.26. The third-order valence-electron chi connectivity index (χ3n) is 4.83. The molecule has 0 saturated carbocycles. The van der Waals surface area contributed by atoms with E-state index in [4.69, 9.17) is 0 Å². The van der Waals surface area contributed by atoms with E-state index in [1.54, 1.807) is 19.1 Å². The molecule has 1 aliphatic rings. The van der Waals surface area contributed by atoms with Gasteiger partial charge in [0.05, 0.1) is 16.9 Å². The second-order valence-corrected chi connectivity index (χ2v) is 8.71. The summed E-state index contributed by atoms with van der Waals surface area (Å²) < 4.78 is 27.6. The Bertz CT molecular complexity index is 932. The highest BCUT2D eigenvalue weighted by atomic mass is 32.2. The number of carbonyl (C=O) groups excluding carboxylic acids is 1. The van der Waals surface area contributed by atoms with Crippen molar-refractivity contribution in [3.8, 4) is 0 Å². The van der Waals surface area contributed by atoms with Gasteiger partial charge < -0.3 is 5.32 Å². The topological polar surface area (TPSA) is 99.3 Å². The minimum absolute atomic E-state index is 0.114. The van der Waals surface area contributed by atoms with Crippen LogP contribution in [0.5, 0.6) is 0 Å². The lowest BCUT2D eigenvalue weighted by molar-refractivity contribution is -0.124. The lowest BCUT2D eigenvalue weighted by atomic mass is 9.94. The molecule has 0 spiro atoms. The van der Waals surface area contributed by atoms with Crippen LogP contribution in [0.4, 0.5) is 0 Å². The largest absolute Gasteiger partial charge is 0.354 e. The van der Waals surface area contributed by atoms with Crippen LogP contribution >= 0.6 is 0 Å². The lowest BCUT2D eigenvalue weighted by Crippen LogP contribution is -2.39. The summed E-state index contributed by atoms with van der Waals surface area (Å²) in [5.74, 6) is -0.379. The zero-order valence-corrected chi connectivity index (χ0v) is 16.8. The number of rotatable bonds is 7. The Kier molecular flexibility index (Phi) is 6.46. The Morgan fingerprint density at radius 2 is 1.86 bits per heavy atom. The molecule has 1 heterocycles. The highest BCUT2D eigenvalue weighted by Gasteiger charge is 2.33. The lowest BCUT2D eigenvalue weighted by Gasteiger charge is -2.18. The molecular weight excluding hydrogens is 376 g/mol. The number of carbonyl (C=O) groups is 1. The molecule has 7 nitrogen and oxygen atoms in total. The van der Waals surface area contributed by atoms with Crippen LogP contribution in [0.1, 0.15) is 22.7 Å². The molecule has 0 aromatic heterocycles. The zero-order chi connectivity index (χ0) is 20.1. The highest BCUT2D eigenvalue weighted by Crippen LogP contribution is 2.24. The van der Waals surface area contributed by atoms with E-state index in [1.807, 2.05) is 43.3 Å². The second kappa shape index (κ2) is 8.83.